The molecule has 0 amide bonds. The maximum atomic E-state index is 0. The Kier molecular flexibility index (Phi) is 983. The summed E-state index contributed by atoms with van der Waals surface area (Å²) in [5, 5.41) is 0. The molecule has 0 bridgehead atoms. The van der Waals surface area contributed by atoms with Crippen molar-refractivity contribution in [1.82, 2.24) is 0 Å². The van der Waals surface area contributed by atoms with E-state index in [1.165, 1.54) is 0 Å². The van der Waals surface area contributed by atoms with Crippen LogP contribution in [-0.2, 0) is 134 Å². The van der Waals surface area contributed by atoms with E-state index in [-0.39, 0.29) is 148 Å². The zero-order chi connectivity index (χ0) is 0. The van der Waals surface area contributed by atoms with Gasteiger partial charge in [-0.15, -0.1) is 0 Å². The first-order chi connectivity index (χ1) is 0. The standard InChI is InChI=1S/8Co.H2S/h;;;;;;;;1H2. The molecular formula is H2Co8S. The van der Waals surface area contributed by atoms with Gasteiger partial charge in [0.25, 0.3) is 0 Å². The molecule has 9 heavy (non-hydrogen) atoms. The third-order valence-corrected chi connectivity index (χ3v) is 0. The second kappa shape index (κ2) is 83.2. The van der Waals surface area contributed by atoms with Gasteiger partial charge >= 0.3 is 0 Å². The van der Waals surface area contributed by atoms with Crippen molar-refractivity contribution in [3.05, 3.63) is 0 Å². The van der Waals surface area contributed by atoms with Crippen LogP contribution in [0, 0.1) is 0 Å². The third kappa shape index (κ3) is 69.3. The van der Waals surface area contributed by atoms with E-state index >= 15 is 0 Å². The van der Waals surface area contributed by atoms with Gasteiger partial charge in [-0.3, -0.25) is 0 Å². The molecule has 0 aliphatic rings. The van der Waals surface area contributed by atoms with E-state index in [0.29, 0.717) is 0 Å². The van der Waals surface area contributed by atoms with Crippen LogP contribution in [0.4, 0.5) is 0 Å². The predicted molar refractivity (Wildman–Crippen MR) is 10.4 cm³/mol. The normalized spacial score (nSPS) is 0. The van der Waals surface area contributed by atoms with E-state index in [2.05, 4.69) is 0 Å². The van der Waals surface area contributed by atoms with Gasteiger partial charge in [-0.1, -0.05) is 0 Å². The Morgan fingerprint density at radius 3 is 0.222 bits per heavy atom. The van der Waals surface area contributed by atoms with Crippen molar-refractivity contribution < 1.29 is 134 Å². The van der Waals surface area contributed by atoms with Crippen LogP contribution < -0.4 is 0 Å². The molecule has 0 heterocycles. The first-order valence-electron chi connectivity index (χ1n) is 0. The van der Waals surface area contributed by atoms with Gasteiger partial charge in [0.2, 0.25) is 0 Å². The van der Waals surface area contributed by atoms with Gasteiger partial charge in [-0.25, -0.2) is 0 Å². The second-order valence-corrected chi connectivity index (χ2v) is 0. The molecule has 0 atom stereocenters. The van der Waals surface area contributed by atoms with Crippen LogP contribution in [0.15, 0.2) is 0 Å². The number of hydrogen-bond donors (Lipinski definition) is 0. The summed E-state index contributed by atoms with van der Waals surface area (Å²) in [6.07, 6.45) is 0. The molecular weight excluding hydrogens is 504 g/mol. The Hall–Kier alpha value is 4.40. The molecule has 0 unspecified atom stereocenters. The molecule has 0 rings (SSSR count). The molecule has 0 saturated carbocycles. The van der Waals surface area contributed by atoms with Crippen LogP contribution >= 0.6 is 13.5 Å². The van der Waals surface area contributed by atoms with Gasteiger partial charge < -0.3 is 0 Å². The van der Waals surface area contributed by atoms with Crippen molar-refractivity contribution in [2.24, 2.45) is 0 Å². The maximum Gasteiger partial charge on any atom is 0 e. The van der Waals surface area contributed by atoms with Gasteiger partial charge in [0, 0.05) is 134 Å². The molecule has 0 nitrogen and oxygen atoms in total. The zero-order valence-corrected chi connectivity index (χ0v) is 12.5. The molecule has 0 saturated heterocycles. The minimum absolute atomic E-state index is 0. The molecule has 8 radical (unpaired) electrons. The first-order valence-corrected chi connectivity index (χ1v) is 0. The number of hydrogen-bond acceptors (Lipinski definition) is 0. The van der Waals surface area contributed by atoms with E-state index in [9.17, 15) is 0 Å². The SMILES string of the molecule is S.[Co].[Co].[Co].[Co].[Co].[Co].[Co].[Co]. The Labute approximate surface area is 145 Å². The molecule has 0 aromatic rings. The largest absolute Gasteiger partial charge is 0.197 e. The van der Waals surface area contributed by atoms with Gasteiger partial charge in [0.05, 0.1) is 0 Å². The minimum Gasteiger partial charge on any atom is -0.197 e. The van der Waals surface area contributed by atoms with Crippen LogP contribution in [-0.4, -0.2) is 0 Å². The topological polar surface area (TPSA) is 0 Å². The molecule has 80 valence electrons. The van der Waals surface area contributed by atoms with E-state index in [1.807, 2.05) is 0 Å². The van der Waals surface area contributed by atoms with E-state index in [4.69, 9.17) is 0 Å². The summed E-state index contributed by atoms with van der Waals surface area (Å²) in [6.45, 7) is 0. The van der Waals surface area contributed by atoms with Crippen molar-refractivity contribution in [3.63, 3.8) is 0 Å². The van der Waals surface area contributed by atoms with Crippen LogP contribution in [0.5, 0.6) is 0 Å². The fourth-order valence-electron chi connectivity index (χ4n) is 0. The average Bonchev–Trinajstić information content (AvgIpc) is 0. The zero-order valence-electron chi connectivity index (χ0n) is 3.17. The third-order valence-electron chi connectivity index (χ3n) is 0. The van der Waals surface area contributed by atoms with Crippen molar-refractivity contribution in [3.8, 4) is 0 Å². The molecule has 0 aliphatic heterocycles. The summed E-state index contributed by atoms with van der Waals surface area (Å²) in [6, 6.07) is 0. The van der Waals surface area contributed by atoms with Gasteiger partial charge in [-0.2, -0.15) is 13.5 Å². The fourth-order valence-corrected chi connectivity index (χ4v) is 0. The van der Waals surface area contributed by atoms with Gasteiger partial charge in [-0.05, 0) is 0 Å². The summed E-state index contributed by atoms with van der Waals surface area (Å²) in [4.78, 5) is 0. The van der Waals surface area contributed by atoms with Gasteiger partial charge in [0.1, 0.15) is 0 Å². The Balaban J connectivity index is 0. The Morgan fingerprint density at radius 1 is 0.222 bits per heavy atom. The van der Waals surface area contributed by atoms with Crippen LogP contribution in [0.1, 0.15) is 0 Å². The summed E-state index contributed by atoms with van der Waals surface area (Å²) in [5.74, 6) is 0. The van der Waals surface area contributed by atoms with E-state index in [1.54, 1.807) is 0 Å². The summed E-state index contributed by atoms with van der Waals surface area (Å²) >= 11 is 0. The van der Waals surface area contributed by atoms with Crippen LogP contribution in [0.3, 0.4) is 0 Å². The average molecular weight is 506 g/mol. The Bertz CT molecular complexity index is 4.53. The van der Waals surface area contributed by atoms with E-state index in [0.717, 1.165) is 0 Å². The maximum absolute atomic E-state index is 0. The summed E-state index contributed by atoms with van der Waals surface area (Å²) < 4.78 is 0. The smallest absolute Gasteiger partial charge is 0 e. The first kappa shape index (κ1) is 106. The number of rotatable bonds is 0. The van der Waals surface area contributed by atoms with Crippen molar-refractivity contribution in [1.29, 1.82) is 0 Å². The van der Waals surface area contributed by atoms with Crippen molar-refractivity contribution in [2.45, 2.75) is 0 Å². The van der Waals surface area contributed by atoms with Crippen LogP contribution in [0.25, 0.3) is 0 Å². The van der Waals surface area contributed by atoms with E-state index < -0.39 is 0 Å². The van der Waals surface area contributed by atoms with Crippen molar-refractivity contribution >= 4 is 13.5 Å². The summed E-state index contributed by atoms with van der Waals surface area (Å²) in [5.41, 5.74) is 0. The predicted octanol–water partition coefficient (Wildman–Crippen LogP) is 0.0928. The molecule has 0 spiro atoms. The second-order valence-electron chi connectivity index (χ2n) is 0. The van der Waals surface area contributed by atoms with Gasteiger partial charge in [0.15, 0.2) is 0 Å². The van der Waals surface area contributed by atoms with Crippen molar-refractivity contribution in [2.75, 3.05) is 0 Å². The Morgan fingerprint density at radius 2 is 0.222 bits per heavy atom. The minimum atomic E-state index is 0. The molecule has 9 heteroatoms. The van der Waals surface area contributed by atoms with Crippen LogP contribution in [0.2, 0.25) is 0 Å². The quantitative estimate of drug-likeness (QED) is 0.438. The molecule has 0 aromatic heterocycles. The molecule has 0 N–H and O–H groups in total. The molecule has 0 aliphatic carbocycles. The molecule has 0 fully saturated rings. The molecule has 0 aromatic carbocycles. The monoisotopic (exact) mass is 505 g/mol. The fraction of sp³-hybridized carbons (Fsp3) is 0. The summed E-state index contributed by atoms with van der Waals surface area (Å²) in [7, 11) is 0.